The van der Waals surface area contributed by atoms with Crippen molar-refractivity contribution in [2.75, 3.05) is 6.54 Å². The van der Waals surface area contributed by atoms with Crippen molar-refractivity contribution in [3.05, 3.63) is 41.4 Å². The van der Waals surface area contributed by atoms with Crippen LogP contribution in [0.4, 0.5) is 4.79 Å². The highest BCUT2D eigenvalue weighted by molar-refractivity contribution is 6.35. The molecule has 7 heteroatoms. The second-order valence-electron chi connectivity index (χ2n) is 6.97. The smallest absolute Gasteiger partial charge is 0.331 e. The van der Waals surface area contributed by atoms with E-state index in [1.54, 1.807) is 18.2 Å². The molecule has 1 aliphatic heterocycles. The normalized spacial score (nSPS) is 15.8. The molecule has 0 atom stereocenters. The van der Waals surface area contributed by atoms with Gasteiger partial charge in [-0.25, -0.2) is 9.59 Å². The molecular formula is C21H23ClN2O4. The number of fused-ring (bicyclic) bond motifs is 1. The Hall–Kier alpha value is -2.60. The summed E-state index contributed by atoms with van der Waals surface area (Å²) in [6.07, 6.45) is 2.58. The fourth-order valence-corrected chi connectivity index (χ4v) is 3.97. The van der Waals surface area contributed by atoms with Crippen LogP contribution in [0.25, 0.3) is 10.8 Å². The van der Waals surface area contributed by atoms with E-state index in [0.29, 0.717) is 29.0 Å². The van der Waals surface area contributed by atoms with E-state index in [2.05, 4.69) is 5.32 Å². The maximum absolute atomic E-state index is 12.9. The number of amides is 3. The van der Waals surface area contributed by atoms with Gasteiger partial charge in [0.15, 0.2) is 0 Å². The van der Waals surface area contributed by atoms with Crippen molar-refractivity contribution in [3.8, 4) is 5.75 Å². The van der Waals surface area contributed by atoms with E-state index in [1.807, 2.05) is 32.0 Å². The molecule has 0 bridgehead atoms. The summed E-state index contributed by atoms with van der Waals surface area (Å²) in [4.78, 5) is 38.7. The van der Waals surface area contributed by atoms with Gasteiger partial charge in [-0.15, -0.1) is 0 Å². The predicted molar refractivity (Wildman–Crippen MR) is 107 cm³/mol. The Morgan fingerprint density at radius 2 is 1.71 bits per heavy atom. The average Bonchev–Trinajstić information content (AvgIpc) is 2.89. The van der Waals surface area contributed by atoms with Crippen LogP contribution in [-0.4, -0.2) is 34.9 Å². The van der Waals surface area contributed by atoms with E-state index >= 15 is 0 Å². The molecule has 2 aromatic rings. The molecule has 0 radical (unpaired) electrons. The van der Waals surface area contributed by atoms with Gasteiger partial charge in [0, 0.05) is 15.8 Å². The highest BCUT2D eigenvalue weighted by Gasteiger charge is 2.50. The Balaban J connectivity index is 1.78. The second-order valence-corrected chi connectivity index (χ2v) is 7.38. The number of nitrogens with one attached hydrogen (secondary N) is 1. The number of halogens is 1. The predicted octanol–water partition coefficient (Wildman–Crippen LogP) is 4.29. The summed E-state index contributed by atoms with van der Waals surface area (Å²) in [5, 5.41) is 4.78. The SMILES string of the molecule is CCCC1(CCC)NC(=O)N(CC(=O)Oc2ccc(Cl)c3ccccc23)C1=O. The van der Waals surface area contributed by atoms with Gasteiger partial charge in [0.05, 0.1) is 0 Å². The Labute approximate surface area is 168 Å². The van der Waals surface area contributed by atoms with Gasteiger partial charge in [-0.3, -0.25) is 9.69 Å². The number of hydrogen-bond donors (Lipinski definition) is 1. The number of rotatable bonds is 7. The molecule has 6 nitrogen and oxygen atoms in total. The lowest BCUT2D eigenvalue weighted by molar-refractivity contribution is -0.141. The van der Waals surface area contributed by atoms with Crippen molar-refractivity contribution >= 4 is 40.3 Å². The van der Waals surface area contributed by atoms with E-state index in [-0.39, 0.29) is 5.91 Å². The molecule has 3 amide bonds. The summed E-state index contributed by atoms with van der Waals surface area (Å²) in [6.45, 7) is 3.48. The van der Waals surface area contributed by atoms with Crippen LogP contribution in [0.1, 0.15) is 39.5 Å². The number of benzene rings is 2. The summed E-state index contributed by atoms with van der Waals surface area (Å²) in [5.41, 5.74) is -0.923. The molecule has 0 aromatic heterocycles. The minimum atomic E-state index is -0.923. The van der Waals surface area contributed by atoms with Crippen LogP contribution in [0.5, 0.6) is 5.75 Å². The monoisotopic (exact) mass is 402 g/mol. The van der Waals surface area contributed by atoms with Gasteiger partial charge in [-0.1, -0.05) is 62.6 Å². The third kappa shape index (κ3) is 3.69. The van der Waals surface area contributed by atoms with Crippen molar-refractivity contribution in [2.45, 2.75) is 45.1 Å². The Bertz CT molecular complexity index is 922. The number of carbonyl (C=O) groups is 3. The van der Waals surface area contributed by atoms with Crippen molar-refractivity contribution < 1.29 is 19.1 Å². The minimum Gasteiger partial charge on any atom is -0.425 e. The van der Waals surface area contributed by atoms with Crippen molar-refractivity contribution in [1.82, 2.24) is 10.2 Å². The second kappa shape index (κ2) is 8.19. The fourth-order valence-electron chi connectivity index (χ4n) is 3.74. The lowest BCUT2D eigenvalue weighted by Crippen LogP contribution is -2.47. The fraction of sp³-hybridized carbons (Fsp3) is 0.381. The molecule has 0 unspecified atom stereocenters. The minimum absolute atomic E-state index is 0.338. The van der Waals surface area contributed by atoms with E-state index in [0.717, 1.165) is 23.1 Å². The van der Waals surface area contributed by atoms with E-state index < -0.39 is 24.1 Å². The van der Waals surface area contributed by atoms with E-state index in [1.165, 1.54) is 0 Å². The third-order valence-electron chi connectivity index (χ3n) is 4.94. The largest absolute Gasteiger partial charge is 0.425 e. The van der Waals surface area contributed by atoms with Crippen LogP contribution in [0.3, 0.4) is 0 Å². The van der Waals surface area contributed by atoms with Crippen LogP contribution in [-0.2, 0) is 9.59 Å². The zero-order valence-corrected chi connectivity index (χ0v) is 16.7. The van der Waals surface area contributed by atoms with Gasteiger partial charge in [-0.05, 0) is 25.0 Å². The number of nitrogens with zero attached hydrogens (tertiary/aromatic N) is 1. The molecule has 3 rings (SSSR count). The van der Waals surface area contributed by atoms with Crippen molar-refractivity contribution in [2.24, 2.45) is 0 Å². The van der Waals surface area contributed by atoms with Gasteiger partial charge in [0.2, 0.25) is 0 Å². The molecule has 148 valence electrons. The van der Waals surface area contributed by atoms with Gasteiger partial charge in [-0.2, -0.15) is 0 Å². The third-order valence-corrected chi connectivity index (χ3v) is 5.27. The lowest BCUT2D eigenvalue weighted by atomic mass is 9.88. The number of imide groups is 1. The highest BCUT2D eigenvalue weighted by atomic mass is 35.5. The van der Waals surface area contributed by atoms with Crippen LogP contribution >= 0.6 is 11.6 Å². The molecular weight excluding hydrogens is 380 g/mol. The first-order chi connectivity index (χ1) is 13.4. The summed E-state index contributed by atoms with van der Waals surface area (Å²) in [6, 6.07) is 9.98. The maximum atomic E-state index is 12.9. The quantitative estimate of drug-likeness (QED) is 0.426. The first-order valence-electron chi connectivity index (χ1n) is 9.44. The van der Waals surface area contributed by atoms with E-state index in [9.17, 15) is 14.4 Å². The molecule has 1 saturated heterocycles. The number of urea groups is 1. The molecule has 1 fully saturated rings. The van der Waals surface area contributed by atoms with Crippen molar-refractivity contribution in [3.63, 3.8) is 0 Å². The van der Waals surface area contributed by atoms with Crippen LogP contribution in [0.2, 0.25) is 5.02 Å². The average molecular weight is 403 g/mol. The first kappa shape index (κ1) is 20.1. The lowest BCUT2D eigenvalue weighted by Gasteiger charge is -2.25. The standard InChI is InChI=1S/C21H23ClN2O4/c1-3-11-21(12-4-2)19(26)24(20(27)23-21)13-18(25)28-17-10-9-16(22)14-7-5-6-8-15(14)17/h5-10H,3-4,11-13H2,1-2H3,(H,23,27). The van der Waals surface area contributed by atoms with Gasteiger partial charge in [0.25, 0.3) is 5.91 Å². The number of ether oxygens (including phenoxy) is 1. The Kier molecular flexibility index (Phi) is 5.89. The van der Waals surface area contributed by atoms with Crippen LogP contribution in [0.15, 0.2) is 36.4 Å². The molecule has 28 heavy (non-hydrogen) atoms. The molecule has 0 aliphatic carbocycles. The maximum Gasteiger partial charge on any atom is 0.331 e. The molecule has 1 N–H and O–H groups in total. The van der Waals surface area contributed by atoms with Crippen LogP contribution < -0.4 is 10.1 Å². The Morgan fingerprint density at radius 1 is 1.07 bits per heavy atom. The zero-order chi connectivity index (χ0) is 20.3. The summed E-state index contributed by atoms with van der Waals surface area (Å²) in [7, 11) is 0. The van der Waals surface area contributed by atoms with Gasteiger partial charge >= 0.3 is 12.0 Å². The number of hydrogen-bond acceptors (Lipinski definition) is 4. The molecule has 1 heterocycles. The van der Waals surface area contributed by atoms with Crippen LogP contribution in [0, 0.1) is 0 Å². The van der Waals surface area contributed by atoms with Gasteiger partial charge in [0.1, 0.15) is 17.8 Å². The summed E-state index contributed by atoms with van der Waals surface area (Å²) >= 11 is 6.19. The van der Waals surface area contributed by atoms with Gasteiger partial charge < -0.3 is 10.1 Å². The first-order valence-corrected chi connectivity index (χ1v) is 9.81. The van der Waals surface area contributed by atoms with Crippen molar-refractivity contribution in [1.29, 1.82) is 0 Å². The highest BCUT2D eigenvalue weighted by Crippen LogP contribution is 2.32. The number of carbonyl (C=O) groups excluding carboxylic acids is 3. The molecule has 1 aliphatic rings. The van der Waals surface area contributed by atoms with E-state index in [4.69, 9.17) is 16.3 Å². The molecule has 0 spiro atoms. The number of esters is 1. The topological polar surface area (TPSA) is 75.7 Å². The summed E-state index contributed by atoms with van der Waals surface area (Å²) < 4.78 is 5.46. The summed E-state index contributed by atoms with van der Waals surface area (Å²) in [5.74, 6) is -0.704. The molecule has 0 saturated carbocycles. The Morgan fingerprint density at radius 3 is 2.36 bits per heavy atom. The molecule has 2 aromatic carbocycles. The zero-order valence-electron chi connectivity index (χ0n) is 16.0.